The molecule has 1 saturated heterocycles. The van der Waals surface area contributed by atoms with Gasteiger partial charge in [-0.1, -0.05) is 26.7 Å². The Kier molecular flexibility index (Phi) is 4.14. The van der Waals surface area contributed by atoms with Gasteiger partial charge in [-0.05, 0) is 44.4 Å². The van der Waals surface area contributed by atoms with E-state index in [1.54, 1.807) is 0 Å². The van der Waals surface area contributed by atoms with Crippen LogP contribution in [0.4, 0.5) is 0 Å². The van der Waals surface area contributed by atoms with Gasteiger partial charge in [0.25, 0.3) is 0 Å². The van der Waals surface area contributed by atoms with Crippen molar-refractivity contribution in [3.8, 4) is 0 Å². The van der Waals surface area contributed by atoms with Crippen LogP contribution in [0.5, 0.6) is 0 Å². The van der Waals surface area contributed by atoms with Gasteiger partial charge in [0.15, 0.2) is 0 Å². The smallest absolute Gasteiger partial charge is 0.0334 e. The van der Waals surface area contributed by atoms with E-state index in [2.05, 4.69) is 25.7 Å². The van der Waals surface area contributed by atoms with Crippen LogP contribution in [0.3, 0.4) is 0 Å². The van der Waals surface area contributed by atoms with Crippen molar-refractivity contribution in [2.45, 2.75) is 70.9 Å². The van der Waals surface area contributed by atoms with Crippen LogP contribution in [0.2, 0.25) is 0 Å². The van der Waals surface area contributed by atoms with Crippen LogP contribution < -0.4 is 5.73 Å². The summed E-state index contributed by atoms with van der Waals surface area (Å²) in [5.74, 6) is 1.76. The molecular weight excluding hydrogens is 208 g/mol. The third-order valence-corrected chi connectivity index (χ3v) is 5.21. The molecule has 17 heavy (non-hydrogen) atoms. The van der Waals surface area contributed by atoms with E-state index in [4.69, 9.17) is 5.73 Å². The minimum Gasteiger partial charge on any atom is -0.329 e. The summed E-state index contributed by atoms with van der Waals surface area (Å²) in [6, 6.07) is 0.738. The molecule has 2 rings (SSSR count). The number of nitrogens with two attached hydrogens (primary N) is 1. The zero-order valence-corrected chi connectivity index (χ0v) is 11.9. The highest BCUT2D eigenvalue weighted by molar-refractivity contribution is 4.99. The van der Waals surface area contributed by atoms with E-state index in [9.17, 15) is 0 Å². The maximum atomic E-state index is 6.20. The number of hydrogen-bond acceptors (Lipinski definition) is 2. The summed E-state index contributed by atoms with van der Waals surface area (Å²) in [4.78, 5) is 2.76. The lowest BCUT2D eigenvalue weighted by molar-refractivity contribution is 0.0687. The Morgan fingerprint density at radius 2 is 1.88 bits per heavy atom. The van der Waals surface area contributed by atoms with Crippen LogP contribution in [-0.4, -0.2) is 29.6 Å². The zero-order valence-electron chi connectivity index (χ0n) is 11.9. The molecule has 2 N–H and O–H groups in total. The third-order valence-electron chi connectivity index (χ3n) is 5.21. The van der Waals surface area contributed by atoms with E-state index in [0.717, 1.165) is 24.4 Å². The van der Waals surface area contributed by atoms with Crippen LogP contribution >= 0.6 is 0 Å². The molecule has 4 atom stereocenters. The van der Waals surface area contributed by atoms with Crippen molar-refractivity contribution in [2.75, 3.05) is 13.1 Å². The van der Waals surface area contributed by atoms with E-state index >= 15 is 0 Å². The lowest BCUT2D eigenvalue weighted by Crippen LogP contribution is -2.55. The second-order valence-electron chi connectivity index (χ2n) is 6.81. The Balaban J connectivity index is 2.12. The van der Waals surface area contributed by atoms with Gasteiger partial charge in [0.2, 0.25) is 0 Å². The maximum Gasteiger partial charge on any atom is 0.0334 e. The molecule has 0 bridgehead atoms. The summed E-state index contributed by atoms with van der Waals surface area (Å²) in [5.41, 5.74) is 6.53. The van der Waals surface area contributed by atoms with Crippen molar-refractivity contribution in [3.05, 3.63) is 0 Å². The SMILES string of the molecule is CC1CCCC(CN)(N2CC(C)CC2C)CC1. The molecular formula is C15H30N2. The van der Waals surface area contributed by atoms with Gasteiger partial charge in [0.1, 0.15) is 0 Å². The average molecular weight is 238 g/mol. The molecule has 0 aromatic rings. The maximum absolute atomic E-state index is 6.20. The summed E-state index contributed by atoms with van der Waals surface area (Å²) in [6.45, 7) is 9.32. The van der Waals surface area contributed by atoms with Crippen molar-refractivity contribution in [2.24, 2.45) is 17.6 Å². The molecule has 1 saturated carbocycles. The van der Waals surface area contributed by atoms with Crippen molar-refractivity contribution in [1.29, 1.82) is 0 Å². The standard InChI is InChI=1S/C15H30N2/c1-12-5-4-7-15(11-16,8-6-12)17-10-13(2)9-14(17)3/h12-14H,4-11,16H2,1-3H3. The van der Waals surface area contributed by atoms with Crippen LogP contribution in [0.25, 0.3) is 0 Å². The van der Waals surface area contributed by atoms with Crippen molar-refractivity contribution >= 4 is 0 Å². The van der Waals surface area contributed by atoms with E-state index in [1.165, 1.54) is 45.1 Å². The summed E-state index contributed by atoms with van der Waals surface area (Å²) in [5, 5.41) is 0. The van der Waals surface area contributed by atoms with Gasteiger partial charge in [0, 0.05) is 24.7 Å². The number of nitrogens with zero attached hydrogens (tertiary/aromatic N) is 1. The van der Waals surface area contributed by atoms with Crippen LogP contribution in [0.1, 0.15) is 59.3 Å². The molecule has 4 unspecified atom stereocenters. The number of hydrogen-bond donors (Lipinski definition) is 1. The molecule has 0 spiro atoms. The van der Waals surface area contributed by atoms with E-state index in [1.807, 2.05) is 0 Å². The number of rotatable bonds is 2. The van der Waals surface area contributed by atoms with Gasteiger partial charge >= 0.3 is 0 Å². The Morgan fingerprint density at radius 1 is 1.12 bits per heavy atom. The molecule has 100 valence electrons. The normalized spacial score (nSPS) is 44.8. The highest BCUT2D eigenvalue weighted by Gasteiger charge is 2.42. The molecule has 1 aliphatic carbocycles. The van der Waals surface area contributed by atoms with Gasteiger partial charge in [-0.25, -0.2) is 0 Å². The van der Waals surface area contributed by atoms with Crippen LogP contribution in [0.15, 0.2) is 0 Å². The first-order valence-corrected chi connectivity index (χ1v) is 7.54. The molecule has 0 aromatic carbocycles. The fraction of sp³-hybridized carbons (Fsp3) is 1.00. The van der Waals surface area contributed by atoms with Crippen LogP contribution in [-0.2, 0) is 0 Å². The minimum atomic E-state index is 0.328. The predicted molar refractivity (Wildman–Crippen MR) is 74.0 cm³/mol. The molecule has 0 amide bonds. The Morgan fingerprint density at radius 3 is 2.47 bits per heavy atom. The fourth-order valence-electron chi connectivity index (χ4n) is 4.13. The first-order chi connectivity index (χ1) is 8.07. The Hall–Kier alpha value is -0.0800. The second-order valence-corrected chi connectivity index (χ2v) is 6.81. The van der Waals surface area contributed by atoms with Crippen molar-refractivity contribution in [1.82, 2.24) is 4.90 Å². The lowest BCUT2D eigenvalue weighted by Gasteiger charge is -2.43. The Bertz CT molecular complexity index is 253. The summed E-state index contributed by atoms with van der Waals surface area (Å²) >= 11 is 0. The average Bonchev–Trinajstić information content (AvgIpc) is 2.52. The highest BCUT2D eigenvalue weighted by Crippen LogP contribution is 2.39. The van der Waals surface area contributed by atoms with Crippen molar-refractivity contribution < 1.29 is 0 Å². The monoisotopic (exact) mass is 238 g/mol. The largest absolute Gasteiger partial charge is 0.329 e. The summed E-state index contributed by atoms with van der Waals surface area (Å²) in [7, 11) is 0. The molecule has 2 fully saturated rings. The van der Waals surface area contributed by atoms with E-state index in [0.29, 0.717) is 5.54 Å². The minimum absolute atomic E-state index is 0.328. The Labute approximate surface area is 107 Å². The molecule has 2 aliphatic rings. The quantitative estimate of drug-likeness (QED) is 0.749. The zero-order chi connectivity index (χ0) is 12.5. The summed E-state index contributed by atoms with van der Waals surface area (Å²) < 4.78 is 0. The summed E-state index contributed by atoms with van der Waals surface area (Å²) in [6.07, 6.45) is 8.15. The van der Waals surface area contributed by atoms with E-state index in [-0.39, 0.29) is 0 Å². The molecule has 2 nitrogen and oxygen atoms in total. The third kappa shape index (κ3) is 2.68. The molecule has 0 radical (unpaired) electrons. The molecule has 1 heterocycles. The topological polar surface area (TPSA) is 29.3 Å². The molecule has 0 aromatic heterocycles. The second kappa shape index (κ2) is 5.27. The predicted octanol–water partition coefficient (Wildman–Crippen LogP) is 3.01. The first-order valence-electron chi connectivity index (χ1n) is 7.54. The van der Waals surface area contributed by atoms with Gasteiger partial charge in [-0.15, -0.1) is 0 Å². The van der Waals surface area contributed by atoms with Gasteiger partial charge in [0.05, 0.1) is 0 Å². The molecule has 1 aliphatic heterocycles. The molecule has 2 heteroatoms. The van der Waals surface area contributed by atoms with Gasteiger partial charge in [-0.3, -0.25) is 4.90 Å². The fourth-order valence-corrected chi connectivity index (χ4v) is 4.13. The van der Waals surface area contributed by atoms with Crippen LogP contribution in [0, 0.1) is 11.8 Å². The van der Waals surface area contributed by atoms with E-state index < -0.39 is 0 Å². The van der Waals surface area contributed by atoms with Gasteiger partial charge in [-0.2, -0.15) is 0 Å². The number of likely N-dealkylation sites (tertiary alicyclic amines) is 1. The first kappa shape index (κ1) is 13.4. The van der Waals surface area contributed by atoms with Crippen molar-refractivity contribution in [3.63, 3.8) is 0 Å². The van der Waals surface area contributed by atoms with Gasteiger partial charge < -0.3 is 5.73 Å². The lowest BCUT2D eigenvalue weighted by atomic mass is 9.87. The highest BCUT2D eigenvalue weighted by atomic mass is 15.3.